The normalized spacial score (nSPS) is 16.9. The number of aliphatic carboxylic acids is 1. The molecule has 194 valence electrons. The van der Waals surface area contributed by atoms with Gasteiger partial charge in [0.15, 0.2) is 0 Å². The SMILES string of the molecule is C[C@@H](OCc1ccccc1)[C@H](CN1Cc2ccccc2CC1CC(=O)O)NC(=O)Nc1cccc(Cl)c1. The third-order valence-electron chi connectivity index (χ3n) is 6.63. The fraction of sp³-hybridized carbons (Fsp3) is 0.310. The minimum absolute atomic E-state index is 0.0228. The molecule has 0 aromatic heterocycles. The highest BCUT2D eigenvalue weighted by molar-refractivity contribution is 6.30. The van der Waals surface area contributed by atoms with Crippen molar-refractivity contribution in [1.82, 2.24) is 10.2 Å². The summed E-state index contributed by atoms with van der Waals surface area (Å²) in [6.07, 6.45) is 0.325. The summed E-state index contributed by atoms with van der Waals surface area (Å²) in [5.74, 6) is -0.842. The van der Waals surface area contributed by atoms with Crippen LogP contribution in [0.1, 0.15) is 30.0 Å². The molecule has 0 fully saturated rings. The summed E-state index contributed by atoms with van der Waals surface area (Å²) in [7, 11) is 0. The van der Waals surface area contributed by atoms with Crippen LogP contribution in [0.4, 0.5) is 10.5 Å². The summed E-state index contributed by atoms with van der Waals surface area (Å²) < 4.78 is 6.18. The lowest BCUT2D eigenvalue weighted by Gasteiger charge is -2.39. The highest BCUT2D eigenvalue weighted by Gasteiger charge is 2.32. The molecule has 1 aliphatic rings. The number of fused-ring (bicyclic) bond motifs is 1. The van der Waals surface area contributed by atoms with Crippen LogP contribution in [0.3, 0.4) is 0 Å². The van der Waals surface area contributed by atoms with E-state index < -0.39 is 12.0 Å². The Morgan fingerprint density at radius 2 is 1.78 bits per heavy atom. The summed E-state index contributed by atoms with van der Waals surface area (Å²) in [4.78, 5) is 26.8. The lowest BCUT2D eigenvalue weighted by molar-refractivity contribution is -0.138. The Balaban J connectivity index is 1.51. The molecule has 0 radical (unpaired) electrons. The third kappa shape index (κ3) is 7.79. The topological polar surface area (TPSA) is 90.9 Å². The van der Waals surface area contributed by atoms with Gasteiger partial charge in [0.1, 0.15) is 0 Å². The van der Waals surface area contributed by atoms with Crippen LogP contribution in [0.2, 0.25) is 5.02 Å². The van der Waals surface area contributed by atoms with Gasteiger partial charge in [-0.2, -0.15) is 0 Å². The van der Waals surface area contributed by atoms with E-state index >= 15 is 0 Å². The van der Waals surface area contributed by atoms with Crippen molar-refractivity contribution in [1.29, 1.82) is 0 Å². The lowest BCUT2D eigenvalue weighted by Crippen LogP contribution is -2.54. The minimum Gasteiger partial charge on any atom is -0.481 e. The standard InChI is InChI=1S/C29H32ClN3O4/c1-20(37-19-21-8-3-2-4-9-21)27(32-29(36)31-25-13-7-12-24(30)15-25)18-33-17-23-11-6-5-10-22(23)14-26(33)16-28(34)35/h2-13,15,20,26-27H,14,16-19H2,1H3,(H,34,35)(H2,31,32,36)/t20-,26?,27+/m1/s1. The Labute approximate surface area is 222 Å². The van der Waals surface area contributed by atoms with Gasteiger partial charge in [0, 0.05) is 29.8 Å². The van der Waals surface area contributed by atoms with Gasteiger partial charge in [0.2, 0.25) is 0 Å². The van der Waals surface area contributed by atoms with Crippen molar-refractivity contribution in [3.8, 4) is 0 Å². The number of nitrogens with one attached hydrogen (secondary N) is 2. The van der Waals surface area contributed by atoms with Gasteiger partial charge in [-0.3, -0.25) is 9.69 Å². The Kier molecular flexibility index (Phi) is 9.17. The molecule has 0 saturated heterocycles. The number of ether oxygens (including phenoxy) is 1. The van der Waals surface area contributed by atoms with E-state index in [0.29, 0.717) is 36.8 Å². The molecular weight excluding hydrogens is 490 g/mol. The van der Waals surface area contributed by atoms with Crippen LogP contribution in [0.5, 0.6) is 0 Å². The van der Waals surface area contributed by atoms with E-state index in [0.717, 1.165) is 5.56 Å². The number of hydrogen-bond acceptors (Lipinski definition) is 4. The van der Waals surface area contributed by atoms with Crippen molar-refractivity contribution in [2.24, 2.45) is 0 Å². The second-order valence-corrected chi connectivity index (χ2v) is 9.81. The monoisotopic (exact) mass is 521 g/mol. The van der Waals surface area contributed by atoms with Crippen LogP contribution >= 0.6 is 11.6 Å². The molecule has 8 heteroatoms. The Morgan fingerprint density at radius 1 is 1.05 bits per heavy atom. The average Bonchev–Trinajstić information content (AvgIpc) is 2.87. The molecule has 1 unspecified atom stereocenters. The van der Waals surface area contributed by atoms with Gasteiger partial charge in [0.05, 0.1) is 25.2 Å². The summed E-state index contributed by atoms with van der Waals surface area (Å²) in [5, 5.41) is 16.0. The predicted molar refractivity (Wildman–Crippen MR) is 145 cm³/mol. The van der Waals surface area contributed by atoms with Crippen molar-refractivity contribution in [2.45, 2.75) is 51.1 Å². The quantitative estimate of drug-likeness (QED) is 0.335. The molecular formula is C29H32ClN3O4. The number of carboxylic acid groups (broad SMARTS) is 1. The van der Waals surface area contributed by atoms with E-state index in [1.807, 2.05) is 49.4 Å². The molecule has 3 atom stereocenters. The van der Waals surface area contributed by atoms with Gasteiger partial charge in [-0.15, -0.1) is 0 Å². The number of amides is 2. The average molecular weight is 522 g/mol. The number of nitrogens with zero attached hydrogens (tertiary/aromatic N) is 1. The number of urea groups is 1. The fourth-order valence-electron chi connectivity index (χ4n) is 4.64. The first-order valence-corrected chi connectivity index (χ1v) is 12.8. The number of anilines is 1. The number of rotatable bonds is 10. The first-order chi connectivity index (χ1) is 17.9. The molecule has 37 heavy (non-hydrogen) atoms. The van der Waals surface area contributed by atoms with Crippen LogP contribution in [0, 0.1) is 0 Å². The zero-order valence-corrected chi connectivity index (χ0v) is 21.5. The van der Waals surface area contributed by atoms with Crippen LogP contribution < -0.4 is 10.6 Å². The smallest absolute Gasteiger partial charge is 0.319 e. The van der Waals surface area contributed by atoms with Crippen LogP contribution in [-0.2, 0) is 29.1 Å². The second-order valence-electron chi connectivity index (χ2n) is 9.37. The van der Waals surface area contributed by atoms with Gasteiger partial charge in [-0.05, 0) is 48.2 Å². The van der Waals surface area contributed by atoms with Crippen molar-refractivity contribution in [3.63, 3.8) is 0 Å². The van der Waals surface area contributed by atoms with E-state index in [9.17, 15) is 14.7 Å². The fourth-order valence-corrected chi connectivity index (χ4v) is 4.83. The first-order valence-electron chi connectivity index (χ1n) is 12.4. The van der Waals surface area contributed by atoms with Crippen molar-refractivity contribution < 1.29 is 19.4 Å². The Hall–Kier alpha value is -3.39. The molecule has 3 aromatic carbocycles. The molecule has 0 saturated carbocycles. The highest BCUT2D eigenvalue weighted by atomic mass is 35.5. The van der Waals surface area contributed by atoms with E-state index in [2.05, 4.69) is 27.7 Å². The summed E-state index contributed by atoms with van der Waals surface area (Å²) in [5.41, 5.74) is 3.95. The first kappa shape index (κ1) is 26.7. The summed E-state index contributed by atoms with van der Waals surface area (Å²) in [6, 6.07) is 23.9. The van der Waals surface area contributed by atoms with E-state index in [1.54, 1.807) is 24.3 Å². The third-order valence-corrected chi connectivity index (χ3v) is 6.86. The van der Waals surface area contributed by atoms with Crippen molar-refractivity contribution >= 4 is 29.3 Å². The Bertz CT molecular complexity index is 1210. The maximum atomic E-state index is 13.0. The van der Waals surface area contributed by atoms with E-state index in [4.69, 9.17) is 16.3 Å². The van der Waals surface area contributed by atoms with Crippen LogP contribution in [0.25, 0.3) is 0 Å². The number of carbonyl (C=O) groups is 2. The van der Waals surface area contributed by atoms with Gasteiger partial charge < -0.3 is 20.5 Å². The van der Waals surface area contributed by atoms with Crippen molar-refractivity contribution in [2.75, 3.05) is 11.9 Å². The number of halogens is 1. The van der Waals surface area contributed by atoms with Gasteiger partial charge >= 0.3 is 12.0 Å². The van der Waals surface area contributed by atoms with Gasteiger partial charge in [0.25, 0.3) is 0 Å². The molecule has 4 rings (SSSR count). The van der Waals surface area contributed by atoms with Crippen LogP contribution in [-0.4, -0.2) is 46.7 Å². The highest BCUT2D eigenvalue weighted by Crippen LogP contribution is 2.26. The van der Waals surface area contributed by atoms with E-state index in [-0.39, 0.29) is 24.6 Å². The van der Waals surface area contributed by atoms with Crippen LogP contribution in [0.15, 0.2) is 78.9 Å². The molecule has 3 N–H and O–H groups in total. The zero-order valence-electron chi connectivity index (χ0n) is 20.8. The molecule has 0 bridgehead atoms. The van der Waals surface area contributed by atoms with Gasteiger partial charge in [-0.25, -0.2) is 4.79 Å². The maximum absolute atomic E-state index is 13.0. The summed E-state index contributed by atoms with van der Waals surface area (Å²) >= 11 is 6.07. The lowest BCUT2D eigenvalue weighted by atomic mass is 9.91. The zero-order chi connectivity index (χ0) is 26.2. The molecule has 0 aliphatic carbocycles. The predicted octanol–water partition coefficient (Wildman–Crippen LogP) is 5.34. The Morgan fingerprint density at radius 3 is 2.51 bits per heavy atom. The largest absolute Gasteiger partial charge is 0.481 e. The number of benzene rings is 3. The molecule has 7 nitrogen and oxygen atoms in total. The number of hydrogen-bond donors (Lipinski definition) is 3. The maximum Gasteiger partial charge on any atom is 0.319 e. The summed E-state index contributed by atoms with van der Waals surface area (Å²) in [6.45, 7) is 3.37. The molecule has 1 aliphatic heterocycles. The number of carbonyl (C=O) groups excluding carboxylic acids is 1. The molecule has 2 amide bonds. The minimum atomic E-state index is -0.842. The van der Waals surface area contributed by atoms with Gasteiger partial charge in [-0.1, -0.05) is 72.3 Å². The van der Waals surface area contributed by atoms with E-state index in [1.165, 1.54) is 11.1 Å². The molecule has 0 spiro atoms. The molecule has 3 aromatic rings. The number of carboxylic acids is 1. The molecule has 1 heterocycles. The van der Waals surface area contributed by atoms with Crippen molar-refractivity contribution in [3.05, 3.63) is 101 Å². The second kappa shape index (κ2) is 12.7.